The molecule has 1 saturated carbocycles. The summed E-state index contributed by atoms with van der Waals surface area (Å²) in [6, 6.07) is 5.06. The van der Waals surface area contributed by atoms with Gasteiger partial charge in [-0.25, -0.2) is 9.49 Å². The van der Waals surface area contributed by atoms with Crippen molar-refractivity contribution >= 4 is 10.8 Å². The summed E-state index contributed by atoms with van der Waals surface area (Å²) in [5.74, 6) is 0. The van der Waals surface area contributed by atoms with Crippen LogP contribution in [0.3, 0.4) is 0 Å². The molecule has 3 rings (SSSR count). The quantitative estimate of drug-likeness (QED) is 0.770. The van der Waals surface area contributed by atoms with E-state index in [9.17, 15) is 9.18 Å². The van der Waals surface area contributed by atoms with Crippen molar-refractivity contribution in [1.82, 2.24) is 10.2 Å². The van der Waals surface area contributed by atoms with Gasteiger partial charge in [0.15, 0.2) is 0 Å². The van der Waals surface area contributed by atoms with E-state index < -0.39 is 5.67 Å². The largest absolute Gasteiger partial charge is 0.272 e. The molecule has 1 aliphatic carbocycles. The fourth-order valence-electron chi connectivity index (χ4n) is 1.77. The second kappa shape index (κ2) is 2.66. The van der Waals surface area contributed by atoms with Crippen molar-refractivity contribution in [3.8, 4) is 0 Å². The number of aromatic nitrogens is 2. The fraction of sp³-hybridized carbons (Fsp3) is 0.273. The summed E-state index contributed by atoms with van der Waals surface area (Å²) in [4.78, 5) is 11.3. The molecule has 3 nitrogen and oxygen atoms in total. The molecule has 0 bridgehead atoms. The Labute approximate surface area is 84.9 Å². The Morgan fingerprint density at radius 1 is 1.40 bits per heavy atom. The van der Waals surface area contributed by atoms with Crippen LogP contribution < -0.4 is 5.56 Å². The zero-order valence-electron chi connectivity index (χ0n) is 7.96. The molecule has 0 aliphatic heterocycles. The Balaban J connectivity index is 2.27. The van der Waals surface area contributed by atoms with Crippen LogP contribution in [0.5, 0.6) is 0 Å². The molecule has 0 radical (unpaired) electrons. The van der Waals surface area contributed by atoms with E-state index in [0.29, 0.717) is 29.2 Å². The minimum atomic E-state index is -1.16. The van der Waals surface area contributed by atoms with Gasteiger partial charge in [0.05, 0.1) is 11.6 Å². The van der Waals surface area contributed by atoms with Gasteiger partial charge in [-0.3, -0.25) is 4.79 Å². The summed E-state index contributed by atoms with van der Waals surface area (Å²) in [7, 11) is 0. The monoisotopic (exact) mass is 204 g/mol. The summed E-state index contributed by atoms with van der Waals surface area (Å²) in [5, 5.41) is 7.29. The molecule has 1 aromatic carbocycles. The number of hydrogen-bond donors (Lipinski definition) is 1. The van der Waals surface area contributed by atoms with E-state index in [1.807, 2.05) is 0 Å². The molecular weight excluding hydrogens is 195 g/mol. The van der Waals surface area contributed by atoms with Crippen molar-refractivity contribution in [1.29, 1.82) is 0 Å². The number of aromatic amines is 1. The molecule has 0 saturated heterocycles. The fourth-order valence-corrected chi connectivity index (χ4v) is 1.77. The van der Waals surface area contributed by atoms with Crippen LogP contribution in [-0.2, 0) is 5.67 Å². The molecule has 2 aromatic rings. The van der Waals surface area contributed by atoms with Crippen molar-refractivity contribution in [2.75, 3.05) is 0 Å². The van der Waals surface area contributed by atoms with Crippen LogP contribution in [0, 0.1) is 0 Å². The number of nitrogens with zero attached hydrogens (tertiary/aromatic N) is 1. The maximum atomic E-state index is 13.8. The molecule has 4 heteroatoms. The Morgan fingerprint density at radius 2 is 2.20 bits per heavy atom. The number of nitrogens with one attached hydrogen (secondary N) is 1. The van der Waals surface area contributed by atoms with Gasteiger partial charge in [-0.05, 0) is 30.5 Å². The van der Waals surface area contributed by atoms with E-state index >= 15 is 0 Å². The SMILES string of the molecule is O=c1[nH]ncc2cc(C3(F)CC3)ccc12. The van der Waals surface area contributed by atoms with Gasteiger partial charge < -0.3 is 0 Å². The van der Waals surface area contributed by atoms with Gasteiger partial charge in [-0.2, -0.15) is 5.10 Å². The van der Waals surface area contributed by atoms with Crippen LogP contribution in [-0.4, -0.2) is 10.2 Å². The van der Waals surface area contributed by atoms with E-state index in [2.05, 4.69) is 10.2 Å². The zero-order valence-corrected chi connectivity index (χ0v) is 7.96. The summed E-state index contributed by atoms with van der Waals surface area (Å²) in [5.41, 5.74) is -0.735. The second-order valence-corrected chi connectivity index (χ2v) is 3.97. The van der Waals surface area contributed by atoms with Crippen LogP contribution in [0.25, 0.3) is 10.8 Å². The average molecular weight is 204 g/mol. The average Bonchev–Trinajstić information content (AvgIpc) is 2.98. The second-order valence-electron chi connectivity index (χ2n) is 3.97. The molecule has 76 valence electrons. The molecule has 1 heterocycles. The molecule has 1 aromatic heterocycles. The van der Waals surface area contributed by atoms with Gasteiger partial charge in [0, 0.05) is 5.39 Å². The lowest BCUT2D eigenvalue weighted by atomic mass is 10.1. The van der Waals surface area contributed by atoms with Crippen molar-refractivity contribution in [3.05, 3.63) is 40.3 Å². The highest BCUT2D eigenvalue weighted by molar-refractivity contribution is 5.81. The summed E-state index contributed by atoms with van der Waals surface area (Å²) < 4.78 is 13.8. The predicted molar refractivity (Wildman–Crippen MR) is 54.4 cm³/mol. The third kappa shape index (κ3) is 1.25. The molecule has 1 N–H and O–H groups in total. The summed E-state index contributed by atoms with van der Waals surface area (Å²) in [6.45, 7) is 0. The molecule has 0 amide bonds. The zero-order chi connectivity index (χ0) is 10.5. The van der Waals surface area contributed by atoms with E-state index in [4.69, 9.17) is 0 Å². The number of halogens is 1. The maximum absolute atomic E-state index is 13.8. The topological polar surface area (TPSA) is 45.8 Å². The smallest absolute Gasteiger partial charge is 0.267 e. The first-order valence-electron chi connectivity index (χ1n) is 4.86. The first-order chi connectivity index (χ1) is 7.19. The minimum Gasteiger partial charge on any atom is -0.267 e. The van der Waals surface area contributed by atoms with E-state index in [0.717, 1.165) is 0 Å². The summed E-state index contributed by atoms with van der Waals surface area (Å²) in [6.07, 6.45) is 2.70. The first kappa shape index (κ1) is 8.59. The van der Waals surface area contributed by atoms with E-state index in [1.54, 1.807) is 24.4 Å². The van der Waals surface area contributed by atoms with E-state index in [-0.39, 0.29) is 5.56 Å². The molecule has 0 spiro atoms. The van der Waals surface area contributed by atoms with Gasteiger partial charge >= 0.3 is 0 Å². The highest BCUT2D eigenvalue weighted by atomic mass is 19.1. The van der Waals surface area contributed by atoms with Crippen LogP contribution in [0.4, 0.5) is 4.39 Å². The lowest BCUT2D eigenvalue weighted by molar-refractivity contribution is 0.318. The van der Waals surface area contributed by atoms with Crippen LogP contribution in [0.1, 0.15) is 18.4 Å². The predicted octanol–water partition coefficient (Wildman–Crippen LogP) is 1.88. The Kier molecular flexibility index (Phi) is 1.52. The summed E-state index contributed by atoms with van der Waals surface area (Å²) >= 11 is 0. The Bertz CT molecular complexity index is 586. The standard InChI is InChI=1S/C11H9FN2O/c12-11(3-4-11)8-1-2-9-7(5-8)6-13-14-10(9)15/h1-2,5-6H,3-4H2,(H,14,15). The lowest BCUT2D eigenvalue weighted by Gasteiger charge is -2.05. The number of rotatable bonds is 1. The number of H-pyrrole nitrogens is 1. The van der Waals surface area contributed by atoms with Crippen molar-refractivity contribution < 1.29 is 4.39 Å². The third-order valence-corrected chi connectivity index (χ3v) is 2.87. The highest BCUT2D eigenvalue weighted by Crippen LogP contribution is 2.49. The molecule has 0 atom stereocenters. The van der Waals surface area contributed by atoms with E-state index in [1.165, 1.54) is 0 Å². The van der Waals surface area contributed by atoms with Crippen molar-refractivity contribution in [3.63, 3.8) is 0 Å². The first-order valence-corrected chi connectivity index (χ1v) is 4.86. The number of fused-ring (bicyclic) bond motifs is 1. The Morgan fingerprint density at radius 3 is 2.93 bits per heavy atom. The van der Waals surface area contributed by atoms with Gasteiger partial charge in [-0.15, -0.1) is 0 Å². The Hall–Kier alpha value is -1.71. The van der Waals surface area contributed by atoms with Gasteiger partial charge in [0.2, 0.25) is 0 Å². The highest BCUT2D eigenvalue weighted by Gasteiger charge is 2.44. The normalized spacial score (nSPS) is 17.9. The van der Waals surface area contributed by atoms with Crippen molar-refractivity contribution in [2.24, 2.45) is 0 Å². The van der Waals surface area contributed by atoms with Crippen LogP contribution in [0.15, 0.2) is 29.2 Å². The molecule has 0 unspecified atom stereocenters. The molecular formula is C11H9FN2O. The van der Waals surface area contributed by atoms with Gasteiger partial charge in [-0.1, -0.05) is 6.07 Å². The molecule has 15 heavy (non-hydrogen) atoms. The maximum Gasteiger partial charge on any atom is 0.272 e. The van der Waals surface area contributed by atoms with Crippen LogP contribution in [0.2, 0.25) is 0 Å². The molecule has 1 fully saturated rings. The molecule has 1 aliphatic rings. The van der Waals surface area contributed by atoms with Crippen molar-refractivity contribution in [2.45, 2.75) is 18.5 Å². The lowest BCUT2D eigenvalue weighted by Crippen LogP contribution is -2.08. The van der Waals surface area contributed by atoms with Gasteiger partial charge in [0.1, 0.15) is 5.67 Å². The van der Waals surface area contributed by atoms with Gasteiger partial charge in [0.25, 0.3) is 5.56 Å². The number of benzene rings is 1. The number of hydrogen-bond acceptors (Lipinski definition) is 2. The van der Waals surface area contributed by atoms with Crippen LogP contribution >= 0.6 is 0 Å². The minimum absolute atomic E-state index is 0.234. The third-order valence-electron chi connectivity index (χ3n) is 2.87. The number of alkyl halides is 1.